The van der Waals surface area contributed by atoms with Gasteiger partial charge in [0.05, 0.1) is 7.11 Å². The summed E-state index contributed by atoms with van der Waals surface area (Å²) in [4.78, 5) is 19.1. The van der Waals surface area contributed by atoms with Gasteiger partial charge in [-0.25, -0.2) is 14.8 Å². The molecular formula is C9H13N3O2. The zero-order chi connectivity index (χ0) is 10.6. The van der Waals surface area contributed by atoms with Crippen LogP contribution in [0, 0.1) is 6.92 Å². The SMILES string of the molecule is COC(=O)C(C)Nc1nccc(C)n1. The summed E-state index contributed by atoms with van der Waals surface area (Å²) in [5.74, 6) is 0.0954. The molecule has 1 aromatic rings. The molecule has 1 atom stereocenters. The van der Waals surface area contributed by atoms with E-state index >= 15 is 0 Å². The number of aryl methyl sites for hydroxylation is 1. The molecule has 0 aliphatic carbocycles. The van der Waals surface area contributed by atoms with E-state index in [0.29, 0.717) is 5.95 Å². The monoisotopic (exact) mass is 195 g/mol. The molecule has 0 aromatic carbocycles. The van der Waals surface area contributed by atoms with Crippen LogP contribution in [0.5, 0.6) is 0 Å². The highest BCUT2D eigenvalue weighted by Gasteiger charge is 2.13. The molecule has 1 heterocycles. The van der Waals surface area contributed by atoms with Crippen LogP contribution in [0.15, 0.2) is 12.3 Å². The molecule has 0 radical (unpaired) electrons. The molecule has 1 aromatic heterocycles. The first-order valence-corrected chi connectivity index (χ1v) is 4.27. The fourth-order valence-electron chi connectivity index (χ4n) is 0.948. The molecule has 5 nitrogen and oxygen atoms in total. The van der Waals surface area contributed by atoms with Crippen molar-refractivity contribution in [3.05, 3.63) is 18.0 Å². The fourth-order valence-corrected chi connectivity index (χ4v) is 0.948. The zero-order valence-corrected chi connectivity index (χ0v) is 8.44. The van der Waals surface area contributed by atoms with Gasteiger partial charge in [0.2, 0.25) is 5.95 Å². The number of anilines is 1. The van der Waals surface area contributed by atoms with Crippen molar-refractivity contribution >= 4 is 11.9 Å². The van der Waals surface area contributed by atoms with E-state index < -0.39 is 6.04 Å². The Morgan fingerprint density at radius 1 is 1.64 bits per heavy atom. The third-order valence-corrected chi connectivity index (χ3v) is 1.70. The second kappa shape index (κ2) is 4.55. The maximum atomic E-state index is 11.1. The van der Waals surface area contributed by atoms with Crippen molar-refractivity contribution < 1.29 is 9.53 Å². The topological polar surface area (TPSA) is 64.1 Å². The van der Waals surface area contributed by atoms with E-state index in [2.05, 4.69) is 20.0 Å². The van der Waals surface area contributed by atoms with Gasteiger partial charge in [-0.3, -0.25) is 0 Å². The highest BCUT2D eigenvalue weighted by atomic mass is 16.5. The van der Waals surface area contributed by atoms with Crippen molar-refractivity contribution in [1.82, 2.24) is 9.97 Å². The Morgan fingerprint density at radius 2 is 2.36 bits per heavy atom. The average Bonchev–Trinajstić information content (AvgIpc) is 2.16. The molecule has 0 bridgehead atoms. The number of hydrogen-bond donors (Lipinski definition) is 1. The van der Waals surface area contributed by atoms with E-state index in [1.54, 1.807) is 19.2 Å². The lowest BCUT2D eigenvalue weighted by Gasteiger charge is -2.10. The first-order chi connectivity index (χ1) is 6.63. The van der Waals surface area contributed by atoms with E-state index in [9.17, 15) is 4.79 Å². The number of methoxy groups -OCH3 is 1. The Balaban J connectivity index is 2.64. The van der Waals surface area contributed by atoms with Crippen LogP contribution in [0.3, 0.4) is 0 Å². The molecule has 0 aliphatic heterocycles. The molecule has 1 unspecified atom stereocenters. The van der Waals surface area contributed by atoms with Gasteiger partial charge in [0.1, 0.15) is 6.04 Å². The summed E-state index contributed by atoms with van der Waals surface area (Å²) in [6.07, 6.45) is 1.63. The predicted molar refractivity (Wildman–Crippen MR) is 51.9 cm³/mol. The lowest BCUT2D eigenvalue weighted by atomic mass is 10.3. The van der Waals surface area contributed by atoms with Crippen LogP contribution >= 0.6 is 0 Å². The smallest absolute Gasteiger partial charge is 0.328 e. The lowest BCUT2D eigenvalue weighted by Crippen LogP contribution is -2.28. The van der Waals surface area contributed by atoms with Gasteiger partial charge in [0.15, 0.2) is 0 Å². The third-order valence-electron chi connectivity index (χ3n) is 1.70. The first kappa shape index (κ1) is 10.4. The molecule has 5 heteroatoms. The second-order valence-electron chi connectivity index (χ2n) is 2.91. The van der Waals surface area contributed by atoms with Crippen LogP contribution in [0.2, 0.25) is 0 Å². The van der Waals surface area contributed by atoms with Crippen molar-refractivity contribution in [2.75, 3.05) is 12.4 Å². The lowest BCUT2D eigenvalue weighted by molar-refractivity contribution is -0.141. The number of rotatable bonds is 3. The van der Waals surface area contributed by atoms with Gasteiger partial charge in [-0.05, 0) is 19.9 Å². The van der Waals surface area contributed by atoms with Crippen LogP contribution < -0.4 is 5.32 Å². The molecular weight excluding hydrogens is 182 g/mol. The molecule has 1 N–H and O–H groups in total. The Bertz CT molecular complexity index is 328. The number of nitrogens with one attached hydrogen (secondary N) is 1. The Morgan fingerprint density at radius 3 is 2.93 bits per heavy atom. The largest absolute Gasteiger partial charge is 0.467 e. The van der Waals surface area contributed by atoms with Crippen LogP contribution in [0.4, 0.5) is 5.95 Å². The van der Waals surface area contributed by atoms with Gasteiger partial charge in [-0.2, -0.15) is 0 Å². The molecule has 1 rings (SSSR count). The number of nitrogens with zero attached hydrogens (tertiary/aromatic N) is 2. The summed E-state index contributed by atoms with van der Waals surface area (Å²) in [6.45, 7) is 3.55. The summed E-state index contributed by atoms with van der Waals surface area (Å²) in [7, 11) is 1.34. The van der Waals surface area contributed by atoms with Crippen molar-refractivity contribution in [2.45, 2.75) is 19.9 Å². The van der Waals surface area contributed by atoms with Crippen LogP contribution in [0.1, 0.15) is 12.6 Å². The van der Waals surface area contributed by atoms with E-state index in [0.717, 1.165) is 5.69 Å². The summed E-state index contributed by atoms with van der Waals surface area (Å²) in [5.41, 5.74) is 0.847. The maximum absolute atomic E-state index is 11.1. The van der Waals surface area contributed by atoms with E-state index in [1.807, 2.05) is 6.92 Å². The number of ether oxygens (including phenoxy) is 1. The third kappa shape index (κ3) is 2.69. The minimum Gasteiger partial charge on any atom is -0.467 e. The highest BCUT2D eigenvalue weighted by Crippen LogP contribution is 2.01. The normalized spacial score (nSPS) is 11.9. The minimum atomic E-state index is -0.443. The van der Waals surface area contributed by atoms with Crippen LogP contribution in [0.25, 0.3) is 0 Å². The standard InChI is InChI=1S/C9H13N3O2/c1-6-4-5-10-9(11-6)12-7(2)8(13)14-3/h4-5,7H,1-3H3,(H,10,11,12). The molecule has 0 amide bonds. The molecule has 0 aliphatic rings. The van der Waals surface area contributed by atoms with Gasteiger partial charge < -0.3 is 10.1 Å². The van der Waals surface area contributed by atoms with Crippen molar-refractivity contribution in [3.8, 4) is 0 Å². The molecule has 14 heavy (non-hydrogen) atoms. The maximum Gasteiger partial charge on any atom is 0.328 e. The number of carbonyl (C=O) groups excluding carboxylic acids is 1. The second-order valence-corrected chi connectivity index (χ2v) is 2.91. The summed E-state index contributed by atoms with van der Waals surface area (Å²) >= 11 is 0. The number of aromatic nitrogens is 2. The van der Waals surface area contributed by atoms with E-state index in [1.165, 1.54) is 7.11 Å². The Labute approximate surface area is 82.5 Å². The van der Waals surface area contributed by atoms with Gasteiger partial charge in [-0.1, -0.05) is 0 Å². The first-order valence-electron chi connectivity index (χ1n) is 4.27. The van der Waals surface area contributed by atoms with Gasteiger partial charge in [0, 0.05) is 11.9 Å². The highest BCUT2D eigenvalue weighted by molar-refractivity contribution is 5.77. The summed E-state index contributed by atoms with van der Waals surface area (Å²) in [5, 5.41) is 2.84. The van der Waals surface area contributed by atoms with Gasteiger partial charge >= 0.3 is 5.97 Å². The molecule has 76 valence electrons. The zero-order valence-electron chi connectivity index (χ0n) is 8.44. The minimum absolute atomic E-state index is 0.338. The Hall–Kier alpha value is -1.65. The molecule has 0 saturated carbocycles. The number of esters is 1. The van der Waals surface area contributed by atoms with E-state index in [-0.39, 0.29) is 5.97 Å². The molecule has 0 fully saturated rings. The molecule has 0 saturated heterocycles. The summed E-state index contributed by atoms with van der Waals surface area (Å²) in [6, 6.07) is 1.34. The predicted octanol–water partition coefficient (Wildman–Crippen LogP) is 0.758. The fraction of sp³-hybridized carbons (Fsp3) is 0.444. The van der Waals surface area contributed by atoms with Gasteiger partial charge in [-0.15, -0.1) is 0 Å². The Kier molecular flexibility index (Phi) is 3.39. The number of hydrogen-bond acceptors (Lipinski definition) is 5. The van der Waals surface area contributed by atoms with Crippen LogP contribution in [-0.4, -0.2) is 29.1 Å². The van der Waals surface area contributed by atoms with Crippen molar-refractivity contribution in [3.63, 3.8) is 0 Å². The van der Waals surface area contributed by atoms with Gasteiger partial charge in [0.25, 0.3) is 0 Å². The number of carbonyl (C=O) groups is 1. The van der Waals surface area contributed by atoms with Crippen molar-refractivity contribution in [2.24, 2.45) is 0 Å². The van der Waals surface area contributed by atoms with Crippen molar-refractivity contribution in [1.29, 1.82) is 0 Å². The molecule has 0 spiro atoms. The van der Waals surface area contributed by atoms with Crippen LogP contribution in [-0.2, 0) is 9.53 Å². The quantitative estimate of drug-likeness (QED) is 0.721. The van der Waals surface area contributed by atoms with E-state index in [4.69, 9.17) is 0 Å². The average molecular weight is 195 g/mol. The summed E-state index contributed by atoms with van der Waals surface area (Å²) < 4.78 is 4.56.